The van der Waals surface area contributed by atoms with Crippen LogP contribution < -0.4 is 10.6 Å². The Kier molecular flexibility index (Phi) is 3.84. The molecule has 124 valence electrons. The lowest BCUT2D eigenvalue weighted by Crippen LogP contribution is -2.26. The van der Waals surface area contributed by atoms with Crippen LogP contribution in [-0.4, -0.2) is 16.8 Å². The van der Waals surface area contributed by atoms with Crippen molar-refractivity contribution in [2.45, 2.75) is 38.6 Å². The van der Waals surface area contributed by atoms with E-state index < -0.39 is 0 Å². The third-order valence-corrected chi connectivity index (χ3v) is 5.69. The summed E-state index contributed by atoms with van der Waals surface area (Å²) >= 11 is 1.25. The molecule has 2 aliphatic rings. The number of carbonyl (C=O) groups is 2. The van der Waals surface area contributed by atoms with Crippen LogP contribution in [0.25, 0.3) is 0 Å². The highest BCUT2D eigenvalue weighted by atomic mass is 32.1. The van der Waals surface area contributed by atoms with E-state index in [0.29, 0.717) is 15.7 Å². The van der Waals surface area contributed by atoms with Crippen molar-refractivity contribution in [1.29, 1.82) is 0 Å². The van der Waals surface area contributed by atoms with E-state index in [4.69, 9.17) is 0 Å². The molecule has 1 aromatic carbocycles. The number of carbonyl (C=O) groups excluding carboxylic acids is 2. The van der Waals surface area contributed by atoms with Crippen LogP contribution >= 0.6 is 11.3 Å². The summed E-state index contributed by atoms with van der Waals surface area (Å²) in [7, 11) is 0. The van der Waals surface area contributed by atoms with Crippen molar-refractivity contribution >= 4 is 28.3 Å². The minimum absolute atomic E-state index is 0.0143. The highest BCUT2D eigenvalue weighted by Gasteiger charge is 2.31. The van der Waals surface area contributed by atoms with E-state index in [1.165, 1.54) is 22.5 Å². The molecule has 5 nitrogen and oxygen atoms in total. The second kappa shape index (κ2) is 6.02. The molecule has 0 bridgehead atoms. The van der Waals surface area contributed by atoms with E-state index in [-0.39, 0.29) is 23.8 Å². The van der Waals surface area contributed by atoms with Gasteiger partial charge < -0.3 is 10.6 Å². The number of rotatable bonds is 4. The quantitative estimate of drug-likeness (QED) is 0.897. The van der Waals surface area contributed by atoms with E-state index in [0.717, 1.165) is 25.7 Å². The lowest BCUT2D eigenvalue weighted by molar-refractivity contribution is -0.117. The number of aryl methyl sites for hydroxylation is 2. The van der Waals surface area contributed by atoms with Crippen LogP contribution in [0, 0.1) is 12.8 Å². The van der Waals surface area contributed by atoms with Gasteiger partial charge in [0.25, 0.3) is 5.91 Å². The molecule has 4 rings (SSSR count). The maximum Gasteiger partial charge on any atom is 0.263 e. The molecule has 2 N–H and O–H groups in total. The largest absolute Gasteiger partial charge is 0.344 e. The topological polar surface area (TPSA) is 71.1 Å². The average molecular weight is 341 g/mol. The average Bonchev–Trinajstić information content (AvgIpc) is 3.26. The van der Waals surface area contributed by atoms with Gasteiger partial charge in [0.15, 0.2) is 5.13 Å². The highest BCUT2D eigenvalue weighted by molar-refractivity contribution is 7.17. The minimum atomic E-state index is -0.112. The number of anilines is 1. The molecular formula is C18H19N3O2S. The first kappa shape index (κ1) is 15.3. The molecular weight excluding hydrogens is 322 g/mol. The maximum atomic E-state index is 12.6. The second-order valence-corrected chi connectivity index (χ2v) is 7.46. The Morgan fingerprint density at radius 1 is 1.21 bits per heavy atom. The smallest absolute Gasteiger partial charge is 0.263 e. The van der Waals surface area contributed by atoms with Crippen molar-refractivity contribution in [2.75, 3.05) is 5.32 Å². The number of fused-ring (bicyclic) bond motifs is 1. The van der Waals surface area contributed by atoms with Gasteiger partial charge in [-0.3, -0.25) is 9.59 Å². The van der Waals surface area contributed by atoms with Crippen LogP contribution in [0.15, 0.2) is 24.3 Å². The standard InChI is InChI=1S/C18H19N3O2S/c1-10-15(24-18(19-10)21-16(22)12-6-7-12)17(23)20-14-9-8-11-4-2-3-5-13(11)14/h2-5,12,14H,6-9H2,1H3,(H,20,23)(H,19,21,22). The van der Waals surface area contributed by atoms with E-state index >= 15 is 0 Å². The van der Waals surface area contributed by atoms with Crippen molar-refractivity contribution in [3.05, 3.63) is 46.0 Å². The van der Waals surface area contributed by atoms with Gasteiger partial charge in [-0.2, -0.15) is 0 Å². The van der Waals surface area contributed by atoms with Gasteiger partial charge in [0.2, 0.25) is 5.91 Å². The zero-order valence-electron chi connectivity index (χ0n) is 13.5. The fourth-order valence-corrected chi connectivity index (χ4v) is 4.02. The van der Waals surface area contributed by atoms with Crippen LogP contribution in [0.2, 0.25) is 0 Å². The van der Waals surface area contributed by atoms with Gasteiger partial charge >= 0.3 is 0 Å². The molecule has 2 amide bonds. The number of benzene rings is 1. The Balaban J connectivity index is 1.47. The molecule has 0 spiro atoms. The lowest BCUT2D eigenvalue weighted by Gasteiger charge is -2.13. The van der Waals surface area contributed by atoms with E-state index in [1.807, 2.05) is 12.1 Å². The predicted molar refractivity (Wildman–Crippen MR) is 93.2 cm³/mol. The Bertz CT molecular complexity index is 810. The first-order valence-electron chi connectivity index (χ1n) is 8.29. The number of thiazole rings is 1. The SMILES string of the molecule is Cc1nc(NC(=O)C2CC2)sc1C(=O)NC1CCc2ccccc21. The van der Waals surface area contributed by atoms with Crippen molar-refractivity contribution in [1.82, 2.24) is 10.3 Å². The van der Waals surface area contributed by atoms with Gasteiger partial charge in [-0.15, -0.1) is 0 Å². The first-order valence-corrected chi connectivity index (χ1v) is 9.10. The summed E-state index contributed by atoms with van der Waals surface area (Å²) in [4.78, 5) is 29.4. The molecule has 2 aromatic rings. The Morgan fingerprint density at radius 3 is 2.79 bits per heavy atom. The van der Waals surface area contributed by atoms with Gasteiger partial charge in [0.05, 0.1) is 11.7 Å². The molecule has 0 saturated heterocycles. The molecule has 1 aromatic heterocycles. The van der Waals surface area contributed by atoms with Crippen LogP contribution in [0.1, 0.15) is 51.8 Å². The molecule has 0 radical (unpaired) electrons. The maximum absolute atomic E-state index is 12.6. The molecule has 2 aliphatic carbocycles. The number of nitrogens with one attached hydrogen (secondary N) is 2. The summed E-state index contributed by atoms with van der Waals surface area (Å²) in [6.07, 6.45) is 3.81. The third kappa shape index (κ3) is 2.94. The van der Waals surface area contributed by atoms with Crippen molar-refractivity contribution < 1.29 is 9.59 Å². The summed E-state index contributed by atoms with van der Waals surface area (Å²) in [6.45, 7) is 1.81. The van der Waals surface area contributed by atoms with Crippen LogP contribution in [-0.2, 0) is 11.2 Å². The Morgan fingerprint density at radius 2 is 2.00 bits per heavy atom. The summed E-state index contributed by atoms with van der Waals surface area (Å²) < 4.78 is 0. The number of nitrogens with zero attached hydrogens (tertiary/aromatic N) is 1. The zero-order valence-corrected chi connectivity index (χ0v) is 14.3. The van der Waals surface area contributed by atoms with Crippen LogP contribution in [0.3, 0.4) is 0 Å². The number of hydrogen-bond donors (Lipinski definition) is 2. The highest BCUT2D eigenvalue weighted by Crippen LogP contribution is 2.33. The molecule has 0 aliphatic heterocycles. The normalized spacial score (nSPS) is 19.0. The lowest BCUT2D eigenvalue weighted by atomic mass is 10.1. The first-order chi connectivity index (χ1) is 11.6. The zero-order chi connectivity index (χ0) is 16.7. The fraction of sp³-hybridized carbons (Fsp3) is 0.389. The molecule has 6 heteroatoms. The molecule has 1 unspecified atom stereocenters. The van der Waals surface area contributed by atoms with Crippen LogP contribution in [0.5, 0.6) is 0 Å². The Hall–Kier alpha value is -2.21. The molecule has 1 heterocycles. The second-order valence-electron chi connectivity index (χ2n) is 6.46. The van der Waals surface area contributed by atoms with Gasteiger partial charge in [0, 0.05) is 5.92 Å². The van der Waals surface area contributed by atoms with Crippen molar-refractivity contribution in [3.63, 3.8) is 0 Å². The molecule has 1 atom stereocenters. The third-order valence-electron chi connectivity index (χ3n) is 4.62. The summed E-state index contributed by atoms with van der Waals surface area (Å²) in [6, 6.07) is 8.29. The number of hydrogen-bond acceptors (Lipinski definition) is 4. The molecule has 24 heavy (non-hydrogen) atoms. The monoisotopic (exact) mass is 341 g/mol. The molecule has 1 fully saturated rings. The predicted octanol–water partition coefficient (Wildman–Crippen LogP) is 3.22. The summed E-state index contributed by atoms with van der Waals surface area (Å²) in [5, 5.41) is 6.45. The van der Waals surface area contributed by atoms with Crippen LogP contribution in [0.4, 0.5) is 5.13 Å². The molecule has 1 saturated carbocycles. The van der Waals surface area contributed by atoms with E-state index in [2.05, 4.69) is 27.8 Å². The van der Waals surface area contributed by atoms with Gasteiger partial charge in [-0.05, 0) is 43.7 Å². The van der Waals surface area contributed by atoms with E-state index in [1.54, 1.807) is 6.92 Å². The fourth-order valence-electron chi connectivity index (χ4n) is 3.14. The number of amides is 2. The number of aromatic nitrogens is 1. The van der Waals surface area contributed by atoms with Gasteiger partial charge in [0.1, 0.15) is 4.88 Å². The van der Waals surface area contributed by atoms with Crippen molar-refractivity contribution in [2.24, 2.45) is 5.92 Å². The van der Waals surface area contributed by atoms with Gasteiger partial charge in [-0.1, -0.05) is 35.6 Å². The van der Waals surface area contributed by atoms with Crippen molar-refractivity contribution in [3.8, 4) is 0 Å². The Labute approximate surface area is 144 Å². The minimum Gasteiger partial charge on any atom is -0.344 e. The summed E-state index contributed by atoms with van der Waals surface area (Å²) in [5.74, 6) is 0.0283. The van der Waals surface area contributed by atoms with Gasteiger partial charge in [-0.25, -0.2) is 4.98 Å². The summed E-state index contributed by atoms with van der Waals surface area (Å²) in [5.41, 5.74) is 3.17. The van der Waals surface area contributed by atoms with E-state index in [9.17, 15) is 9.59 Å².